The predicted octanol–water partition coefficient (Wildman–Crippen LogP) is 3.51. The number of halogens is 1. The summed E-state index contributed by atoms with van der Waals surface area (Å²) in [7, 11) is 0. The van der Waals surface area contributed by atoms with Gasteiger partial charge in [0.1, 0.15) is 25.1 Å². The Morgan fingerprint density at radius 1 is 1.09 bits per heavy atom. The zero-order valence-corrected chi connectivity index (χ0v) is 12.0. The molecule has 0 aromatic heterocycles. The first-order valence-corrected chi connectivity index (χ1v) is 6.99. The number of ether oxygens (including phenoxy) is 3. The molecule has 2 aromatic carbocycles. The average Bonchev–Trinajstić information content (AvgIpc) is 2.55. The number of benzene rings is 2. The zero-order chi connectivity index (χ0) is 15.5. The molecule has 4 nitrogen and oxygen atoms in total. The molecule has 114 valence electrons. The fourth-order valence-corrected chi connectivity index (χ4v) is 2.20. The largest absolute Gasteiger partial charge is 0.486 e. The van der Waals surface area contributed by atoms with Gasteiger partial charge in [-0.1, -0.05) is 12.1 Å². The Labute approximate surface area is 127 Å². The van der Waals surface area contributed by atoms with Crippen molar-refractivity contribution < 1.29 is 23.4 Å². The van der Waals surface area contributed by atoms with Gasteiger partial charge in [-0.25, -0.2) is 9.18 Å². The molecule has 1 heterocycles. The molecular weight excluding hydrogens is 287 g/mol. The van der Waals surface area contributed by atoms with E-state index in [-0.39, 0.29) is 5.82 Å². The van der Waals surface area contributed by atoms with Gasteiger partial charge >= 0.3 is 5.97 Å². The van der Waals surface area contributed by atoms with Gasteiger partial charge in [-0.15, -0.1) is 0 Å². The van der Waals surface area contributed by atoms with Crippen molar-refractivity contribution in [3.63, 3.8) is 0 Å². The summed E-state index contributed by atoms with van der Waals surface area (Å²) in [5.74, 6) is 0.368. The van der Waals surface area contributed by atoms with Crippen LogP contribution >= 0.6 is 0 Å². The van der Waals surface area contributed by atoms with Crippen LogP contribution in [0.25, 0.3) is 0 Å². The highest BCUT2D eigenvalue weighted by atomic mass is 19.1. The van der Waals surface area contributed by atoms with Gasteiger partial charge in [0.15, 0.2) is 11.5 Å². The summed E-state index contributed by atoms with van der Waals surface area (Å²) in [6.07, 6.45) is -0.471. The minimum Gasteiger partial charge on any atom is -0.486 e. The first kappa shape index (κ1) is 14.4. The molecule has 0 N–H and O–H groups in total. The van der Waals surface area contributed by atoms with Crippen LogP contribution in [-0.4, -0.2) is 19.2 Å². The highest BCUT2D eigenvalue weighted by Gasteiger charge is 2.18. The van der Waals surface area contributed by atoms with Gasteiger partial charge in [-0.3, -0.25) is 0 Å². The first-order valence-electron chi connectivity index (χ1n) is 6.99. The van der Waals surface area contributed by atoms with E-state index >= 15 is 0 Å². The van der Waals surface area contributed by atoms with Crippen LogP contribution in [0.1, 0.15) is 28.9 Å². The third-order valence-corrected chi connectivity index (χ3v) is 3.40. The summed E-state index contributed by atoms with van der Waals surface area (Å²) < 4.78 is 29.1. The second kappa shape index (κ2) is 6.05. The number of hydrogen-bond donors (Lipinski definition) is 0. The van der Waals surface area contributed by atoms with Crippen LogP contribution in [0.15, 0.2) is 42.5 Å². The van der Waals surface area contributed by atoms with Gasteiger partial charge in [0, 0.05) is 0 Å². The van der Waals surface area contributed by atoms with E-state index in [1.807, 2.05) is 0 Å². The Bertz CT molecular complexity index is 682. The van der Waals surface area contributed by atoms with Crippen molar-refractivity contribution >= 4 is 5.97 Å². The summed E-state index contributed by atoms with van der Waals surface area (Å²) in [4.78, 5) is 12.2. The fraction of sp³-hybridized carbons (Fsp3) is 0.235. The molecule has 0 radical (unpaired) electrons. The Hall–Kier alpha value is -2.56. The third-order valence-electron chi connectivity index (χ3n) is 3.40. The van der Waals surface area contributed by atoms with Gasteiger partial charge in [0.05, 0.1) is 5.56 Å². The minimum atomic E-state index is -0.471. The first-order chi connectivity index (χ1) is 10.6. The summed E-state index contributed by atoms with van der Waals surface area (Å²) in [6, 6.07) is 10.8. The number of hydrogen-bond acceptors (Lipinski definition) is 4. The lowest BCUT2D eigenvalue weighted by atomic mass is 10.1. The Morgan fingerprint density at radius 2 is 1.77 bits per heavy atom. The Balaban J connectivity index is 1.72. The normalized spacial score (nSPS) is 14.3. The number of carbonyl (C=O) groups is 1. The molecule has 2 aromatic rings. The van der Waals surface area contributed by atoms with Gasteiger partial charge in [-0.2, -0.15) is 0 Å². The molecule has 5 heteroatoms. The van der Waals surface area contributed by atoms with Crippen LogP contribution in [0.5, 0.6) is 11.5 Å². The maximum Gasteiger partial charge on any atom is 0.338 e. The Kier molecular flexibility index (Phi) is 3.96. The maximum absolute atomic E-state index is 12.9. The summed E-state index contributed by atoms with van der Waals surface area (Å²) in [5, 5.41) is 0. The highest BCUT2D eigenvalue weighted by Crippen LogP contribution is 2.31. The number of esters is 1. The lowest BCUT2D eigenvalue weighted by Crippen LogP contribution is -2.16. The van der Waals surface area contributed by atoms with E-state index in [0.29, 0.717) is 30.3 Å². The van der Waals surface area contributed by atoms with Gasteiger partial charge in [0.25, 0.3) is 0 Å². The minimum absolute atomic E-state index is 0.325. The van der Waals surface area contributed by atoms with E-state index in [1.54, 1.807) is 37.3 Å². The van der Waals surface area contributed by atoms with Crippen LogP contribution < -0.4 is 9.47 Å². The quantitative estimate of drug-likeness (QED) is 0.814. The highest BCUT2D eigenvalue weighted by molar-refractivity contribution is 5.90. The van der Waals surface area contributed by atoms with Crippen molar-refractivity contribution in [1.82, 2.24) is 0 Å². The molecule has 0 fully saturated rings. The van der Waals surface area contributed by atoms with Gasteiger partial charge in [0.2, 0.25) is 0 Å². The second-order valence-electron chi connectivity index (χ2n) is 4.96. The molecule has 0 saturated carbocycles. The van der Waals surface area contributed by atoms with E-state index in [9.17, 15) is 9.18 Å². The number of rotatable bonds is 3. The topological polar surface area (TPSA) is 44.8 Å². The lowest BCUT2D eigenvalue weighted by Gasteiger charge is -2.19. The van der Waals surface area contributed by atoms with Crippen molar-refractivity contribution in [3.05, 3.63) is 59.4 Å². The van der Waals surface area contributed by atoms with Crippen LogP contribution in [-0.2, 0) is 4.74 Å². The molecule has 0 aliphatic carbocycles. The molecule has 3 rings (SSSR count). The van der Waals surface area contributed by atoms with Crippen molar-refractivity contribution in [1.29, 1.82) is 0 Å². The zero-order valence-electron chi connectivity index (χ0n) is 12.0. The van der Waals surface area contributed by atoms with E-state index in [4.69, 9.17) is 14.2 Å². The maximum atomic E-state index is 12.9. The summed E-state index contributed by atoms with van der Waals surface area (Å²) in [6.45, 7) is 2.69. The van der Waals surface area contributed by atoms with E-state index in [1.165, 1.54) is 12.1 Å². The SMILES string of the molecule is C[C@H](OC(=O)c1ccc2c(c1)OCCO2)c1ccc(F)cc1. The monoisotopic (exact) mass is 302 g/mol. The van der Waals surface area contributed by atoms with Crippen LogP contribution in [0.4, 0.5) is 4.39 Å². The standard InChI is InChI=1S/C17H15FO4/c1-11(12-2-5-14(18)6-3-12)22-17(19)13-4-7-15-16(10-13)21-9-8-20-15/h2-7,10-11H,8-9H2,1H3/t11-/m0/s1. The molecule has 1 atom stereocenters. The second-order valence-corrected chi connectivity index (χ2v) is 4.96. The molecular formula is C17H15FO4. The average molecular weight is 302 g/mol. The van der Waals surface area contributed by atoms with Crippen LogP contribution in [0.2, 0.25) is 0 Å². The Morgan fingerprint density at radius 3 is 2.50 bits per heavy atom. The van der Waals surface area contributed by atoms with E-state index in [0.717, 1.165) is 5.56 Å². The molecule has 0 unspecified atom stereocenters. The smallest absolute Gasteiger partial charge is 0.338 e. The summed E-state index contributed by atoms with van der Waals surface area (Å²) in [5.41, 5.74) is 1.12. The molecule has 0 amide bonds. The molecule has 1 aliphatic heterocycles. The summed E-state index contributed by atoms with van der Waals surface area (Å²) >= 11 is 0. The van der Waals surface area contributed by atoms with Crippen molar-refractivity contribution in [2.24, 2.45) is 0 Å². The molecule has 22 heavy (non-hydrogen) atoms. The number of fused-ring (bicyclic) bond motifs is 1. The van der Waals surface area contributed by atoms with Gasteiger partial charge < -0.3 is 14.2 Å². The van der Waals surface area contributed by atoms with Gasteiger partial charge in [-0.05, 0) is 42.8 Å². The molecule has 0 saturated heterocycles. The number of carbonyl (C=O) groups excluding carboxylic acids is 1. The van der Waals surface area contributed by atoms with Crippen molar-refractivity contribution in [2.75, 3.05) is 13.2 Å². The van der Waals surface area contributed by atoms with Crippen LogP contribution in [0, 0.1) is 5.82 Å². The molecule has 1 aliphatic rings. The van der Waals surface area contributed by atoms with Crippen molar-refractivity contribution in [3.8, 4) is 11.5 Å². The predicted molar refractivity (Wildman–Crippen MR) is 77.7 cm³/mol. The van der Waals surface area contributed by atoms with Crippen LogP contribution in [0.3, 0.4) is 0 Å². The fourth-order valence-electron chi connectivity index (χ4n) is 2.20. The molecule has 0 bridgehead atoms. The van der Waals surface area contributed by atoms with E-state index in [2.05, 4.69) is 0 Å². The lowest BCUT2D eigenvalue weighted by molar-refractivity contribution is 0.0337. The third kappa shape index (κ3) is 3.03. The van der Waals surface area contributed by atoms with E-state index < -0.39 is 12.1 Å². The van der Waals surface area contributed by atoms with Crippen molar-refractivity contribution in [2.45, 2.75) is 13.0 Å². The molecule has 0 spiro atoms.